The van der Waals surface area contributed by atoms with E-state index >= 15 is 0 Å². The molecular weight excluding hydrogens is 183 g/mol. The molecule has 0 aliphatic carbocycles. The van der Waals surface area contributed by atoms with Gasteiger partial charge in [0.2, 0.25) is 0 Å². The molecule has 0 saturated carbocycles. The van der Waals surface area contributed by atoms with E-state index in [1.807, 2.05) is 0 Å². The normalized spacial score (nSPS) is 13.2. The minimum Gasteiger partial charge on any atom is -0.566 e. The highest BCUT2D eigenvalue weighted by molar-refractivity contribution is 7.30. The van der Waals surface area contributed by atoms with Crippen LogP contribution in [0, 0.1) is 5.41 Å². The average Bonchev–Trinajstić information content (AvgIpc) is 2.08. The molecule has 12 heavy (non-hydrogen) atoms. The molecule has 0 radical (unpaired) electrons. The van der Waals surface area contributed by atoms with Gasteiger partial charge in [0.1, 0.15) is 6.61 Å². The van der Waals surface area contributed by atoms with Crippen molar-refractivity contribution >= 4 is 8.25 Å². The zero-order valence-electron chi connectivity index (χ0n) is 6.89. The van der Waals surface area contributed by atoms with Crippen molar-refractivity contribution in [1.29, 1.82) is 0 Å². The molecule has 2 N–H and O–H groups in total. The Morgan fingerprint density at radius 1 is 1.50 bits per heavy atom. The Kier molecular flexibility index (Phi) is 5.53. The monoisotopic (exact) mass is 196 g/mol. The largest absolute Gasteiger partial charge is 0.566 e. The Hall–Kier alpha value is -0.0600. The molecule has 0 bridgehead atoms. The van der Waals surface area contributed by atoms with Gasteiger partial charge in [-0.05, 0) is 11.0 Å². The van der Waals surface area contributed by atoms with Crippen molar-refractivity contribution in [2.75, 3.05) is 19.8 Å². The van der Waals surface area contributed by atoms with Crippen LogP contribution >= 0.6 is 8.25 Å². The van der Waals surface area contributed by atoms with Gasteiger partial charge in [-0.15, -0.1) is 4.52 Å². The maximum atomic E-state index is 10.0. The Labute approximate surface area is 71.9 Å². The van der Waals surface area contributed by atoms with Crippen molar-refractivity contribution in [3.63, 3.8) is 0 Å². The Bertz CT molecular complexity index is 137. The zero-order valence-corrected chi connectivity index (χ0v) is 7.79. The van der Waals surface area contributed by atoms with Gasteiger partial charge in [0.25, 0.3) is 0 Å². The number of aliphatic hydroxyl groups excluding tert-OH is 2. The molecule has 5 nitrogen and oxygen atoms in total. The topological polar surface area (TPSA) is 89.8 Å². The van der Waals surface area contributed by atoms with Gasteiger partial charge < -0.3 is 15.1 Å². The summed E-state index contributed by atoms with van der Waals surface area (Å²) < 4.78 is 14.4. The van der Waals surface area contributed by atoms with E-state index in [1.165, 1.54) is 0 Å². The summed E-state index contributed by atoms with van der Waals surface area (Å²) >= 11 is 0. The Morgan fingerprint density at radius 3 is 2.25 bits per heavy atom. The van der Waals surface area contributed by atoms with Gasteiger partial charge in [-0.3, -0.25) is 0 Å². The van der Waals surface area contributed by atoms with Crippen LogP contribution in [-0.4, -0.2) is 30.0 Å². The van der Waals surface area contributed by atoms with Crippen molar-refractivity contribution in [2.24, 2.45) is 5.41 Å². The lowest BCUT2D eigenvalue weighted by molar-refractivity contribution is -0.189. The predicted molar refractivity (Wildman–Crippen MR) is 40.5 cm³/mol. The summed E-state index contributed by atoms with van der Waals surface area (Å²) in [7, 11) is -2.90. The van der Waals surface area contributed by atoms with Crippen molar-refractivity contribution < 1.29 is 24.2 Å². The smallest absolute Gasteiger partial charge is 0.488 e. The molecule has 0 rings (SSSR count). The first-order valence-corrected chi connectivity index (χ1v) is 4.69. The van der Waals surface area contributed by atoms with Crippen LogP contribution in [0.2, 0.25) is 0 Å². The summed E-state index contributed by atoms with van der Waals surface area (Å²) in [6.07, 6.45) is 0.461. The fourth-order valence-electron chi connectivity index (χ4n) is 0.657. The number of aliphatic hydroxyl groups is 2. The van der Waals surface area contributed by atoms with Crippen LogP contribution in [0.1, 0.15) is 13.3 Å². The lowest BCUT2D eigenvalue weighted by Crippen LogP contribution is -2.33. The van der Waals surface area contributed by atoms with Crippen molar-refractivity contribution in [2.45, 2.75) is 13.3 Å². The van der Waals surface area contributed by atoms with E-state index in [0.29, 0.717) is 6.42 Å². The summed E-state index contributed by atoms with van der Waals surface area (Å²) in [6, 6.07) is 0. The van der Waals surface area contributed by atoms with Gasteiger partial charge in [-0.25, -0.2) is 0 Å². The van der Waals surface area contributed by atoms with E-state index in [1.54, 1.807) is 6.92 Å². The molecule has 0 aromatic rings. The summed E-state index contributed by atoms with van der Waals surface area (Å²) in [5, 5.41) is 17.7. The second-order valence-electron chi connectivity index (χ2n) is 2.67. The molecule has 0 aliphatic heterocycles. The van der Waals surface area contributed by atoms with E-state index in [2.05, 4.69) is 4.52 Å². The second kappa shape index (κ2) is 5.56. The number of rotatable bonds is 6. The van der Waals surface area contributed by atoms with Crippen LogP contribution in [0.25, 0.3) is 0 Å². The van der Waals surface area contributed by atoms with Crippen molar-refractivity contribution in [3.05, 3.63) is 0 Å². The van der Waals surface area contributed by atoms with Crippen LogP contribution in [0.15, 0.2) is 0 Å². The van der Waals surface area contributed by atoms with Crippen molar-refractivity contribution in [1.82, 2.24) is 0 Å². The summed E-state index contributed by atoms with van der Waals surface area (Å²) in [5.41, 5.74) is -0.838. The summed E-state index contributed by atoms with van der Waals surface area (Å²) in [5.74, 6) is 0. The van der Waals surface area contributed by atoms with Gasteiger partial charge in [-0.1, -0.05) is 6.92 Å². The van der Waals surface area contributed by atoms with Gasteiger partial charge >= 0.3 is 8.25 Å². The van der Waals surface area contributed by atoms with Gasteiger partial charge in [-0.2, -0.15) is 0 Å². The van der Waals surface area contributed by atoms with Crippen LogP contribution < -0.4 is 4.89 Å². The minimum absolute atomic E-state index is 0.171. The molecule has 6 heteroatoms. The Morgan fingerprint density at radius 2 is 2.00 bits per heavy atom. The Balaban J connectivity index is 4.01. The van der Waals surface area contributed by atoms with Crippen molar-refractivity contribution in [3.8, 4) is 0 Å². The third-order valence-electron chi connectivity index (χ3n) is 1.90. The minimum atomic E-state index is -2.90. The van der Waals surface area contributed by atoms with Crippen LogP contribution in [0.5, 0.6) is 0 Å². The highest BCUT2D eigenvalue weighted by Gasteiger charge is 2.29. The number of hydrogen-bond acceptors (Lipinski definition) is 5. The molecule has 1 atom stereocenters. The van der Waals surface area contributed by atoms with Gasteiger partial charge in [0.05, 0.1) is 13.2 Å². The fraction of sp³-hybridized carbons (Fsp3) is 1.00. The first kappa shape index (κ1) is 11.9. The lowest BCUT2D eigenvalue weighted by atomic mass is 9.88. The highest BCUT2D eigenvalue weighted by Crippen LogP contribution is 2.24. The van der Waals surface area contributed by atoms with E-state index in [9.17, 15) is 9.46 Å². The molecule has 0 aliphatic rings. The maximum absolute atomic E-state index is 10.0. The van der Waals surface area contributed by atoms with E-state index in [4.69, 9.17) is 10.2 Å². The summed E-state index contributed by atoms with van der Waals surface area (Å²) in [6.45, 7) is 0.995. The molecule has 0 heterocycles. The van der Waals surface area contributed by atoms with E-state index in [-0.39, 0.29) is 19.8 Å². The van der Waals surface area contributed by atoms with Gasteiger partial charge in [0.15, 0.2) is 0 Å². The van der Waals surface area contributed by atoms with Gasteiger partial charge in [0, 0.05) is 5.41 Å². The lowest BCUT2D eigenvalue weighted by Gasteiger charge is -2.24. The van der Waals surface area contributed by atoms with E-state index in [0.717, 1.165) is 0 Å². The van der Waals surface area contributed by atoms with Crippen LogP contribution in [-0.2, 0) is 9.09 Å². The first-order valence-electron chi connectivity index (χ1n) is 3.59. The number of hydrogen-bond donors (Lipinski definition) is 2. The predicted octanol–water partition coefficient (Wildman–Crippen LogP) is -0.598. The molecule has 0 aromatic carbocycles. The highest BCUT2D eigenvalue weighted by atomic mass is 31.1. The molecule has 0 aromatic heterocycles. The summed E-state index contributed by atoms with van der Waals surface area (Å²) in [4.78, 5) is 10.0. The molecule has 1 unspecified atom stereocenters. The van der Waals surface area contributed by atoms with Crippen LogP contribution in [0.4, 0.5) is 0 Å². The molecule has 0 fully saturated rings. The standard InChI is InChI=1S/C6H13O5P/c1-2-6(3-7,4-8)5-11-12(9)10/h7-8H,2-5H2,1H3. The second-order valence-corrected chi connectivity index (χ2v) is 3.37. The van der Waals surface area contributed by atoms with Crippen LogP contribution in [0.3, 0.4) is 0 Å². The maximum Gasteiger partial charge on any atom is 0.488 e. The molecule has 0 amide bonds. The molecule has 0 spiro atoms. The zero-order chi connectivity index (χ0) is 9.61. The molecule has 72 valence electrons. The molecule has 0 saturated heterocycles. The molecular formula is C6H13O5P. The third-order valence-corrected chi connectivity index (χ3v) is 2.24. The fourth-order valence-corrected chi connectivity index (χ4v) is 1.04. The SMILES string of the molecule is CCC(CO)(CO)CO[P+](=O)[O-]. The first-order chi connectivity index (χ1) is 5.60. The van der Waals surface area contributed by atoms with E-state index < -0.39 is 13.7 Å². The average molecular weight is 196 g/mol. The third kappa shape index (κ3) is 3.56. The quantitative estimate of drug-likeness (QED) is 0.554.